The Kier molecular flexibility index (Phi) is 2.34. The molecule has 5 heteroatoms. The van der Waals surface area contributed by atoms with Crippen molar-refractivity contribution in [2.24, 2.45) is 0 Å². The number of rotatable bonds is 2. The van der Waals surface area contributed by atoms with Gasteiger partial charge in [0.15, 0.2) is 11.6 Å². The van der Waals surface area contributed by atoms with Gasteiger partial charge in [-0.3, -0.25) is 0 Å². The van der Waals surface area contributed by atoms with E-state index in [4.69, 9.17) is 5.26 Å². The molecule has 0 heterocycles. The van der Waals surface area contributed by atoms with Crippen LogP contribution in [-0.4, -0.2) is 23.6 Å². The molecule has 5 nitrogen and oxygen atoms in total. The van der Waals surface area contributed by atoms with E-state index in [1.807, 2.05) is 0 Å². The maximum atomic E-state index is 9.67. The molecule has 0 saturated heterocycles. The molecule has 0 fully saturated rings. The van der Waals surface area contributed by atoms with Gasteiger partial charge < -0.3 is 0 Å². The third-order valence-electron chi connectivity index (χ3n) is 0.578. The fraction of sp³-hybridized carbons (Fsp3) is 0.667. The van der Waals surface area contributed by atoms with Crippen molar-refractivity contribution in [1.29, 1.82) is 5.26 Å². The SMILES string of the molecule is CN(CC#N)[N+](=O)[O-]. The second kappa shape index (κ2) is 2.80. The molecular formula is C3H5N3O2. The molecule has 0 N–H and O–H groups in total. The molecule has 0 aromatic rings. The van der Waals surface area contributed by atoms with E-state index in [9.17, 15) is 10.1 Å². The van der Waals surface area contributed by atoms with E-state index in [1.54, 1.807) is 6.07 Å². The smallest absolute Gasteiger partial charge is 0.165 e. The average Bonchev–Trinajstić information content (AvgIpc) is 1.67. The summed E-state index contributed by atoms with van der Waals surface area (Å²) in [5, 5.41) is 17.6. The molecule has 0 saturated carbocycles. The molecule has 0 rings (SSSR count). The Labute approximate surface area is 46.2 Å². The third-order valence-corrected chi connectivity index (χ3v) is 0.578. The number of hydrogen-bond donors (Lipinski definition) is 0. The number of hydrazine groups is 1. The van der Waals surface area contributed by atoms with E-state index in [0.717, 1.165) is 0 Å². The van der Waals surface area contributed by atoms with Crippen LogP contribution in [-0.2, 0) is 0 Å². The molecule has 0 aromatic heterocycles. The molecule has 0 atom stereocenters. The molecule has 8 heavy (non-hydrogen) atoms. The summed E-state index contributed by atoms with van der Waals surface area (Å²) in [6, 6.07) is 1.63. The van der Waals surface area contributed by atoms with Gasteiger partial charge in [-0.2, -0.15) is 5.26 Å². The lowest BCUT2D eigenvalue weighted by atomic mass is 10.7. The molecule has 0 aliphatic rings. The molecule has 0 amide bonds. The maximum absolute atomic E-state index is 9.67. The number of nitro groups is 1. The summed E-state index contributed by atoms with van der Waals surface area (Å²) in [4.78, 5) is 9.67. The van der Waals surface area contributed by atoms with Crippen molar-refractivity contribution in [3.05, 3.63) is 10.1 Å². The maximum Gasteiger partial charge on any atom is 0.165 e. The van der Waals surface area contributed by atoms with Crippen molar-refractivity contribution in [3.63, 3.8) is 0 Å². The molecule has 0 aromatic carbocycles. The van der Waals surface area contributed by atoms with E-state index in [0.29, 0.717) is 5.01 Å². The Bertz CT molecular complexity index is 127. The average molecular weight is 115 g/mol. The van der Waals surface area contributed by atoms with Crippen LogP contribution in [0.1, 0.15) is 0 Å². The van der Waals surface area contributed by atoms with Crippen LogP contribution in [0.3, 0.4) is 0 Å². The van der Waals surface area contributed by atoms with Crippen LogP contribution in [0.25, 0.3) is 0 Å². The zero-order valence-corrected chi connectivity index (χ0v) is 4.37. The summed E-state index contributed by atoms with van der Waals surface area (Å²) in [5.41, 5.74) is 0. The molecule has 0 unspecified atom stereocenters. The van der Waals surface area contributed by atoms with Crippen LogP contribution >= 0.6 is 0 Å². The summed E-state index contributed by atoms with van der Waals surface area (Å²) in [6.45, 7) is -0.174. The van der Waals surface area contributed by atoms with Gasteiger partial charge in [-0.15, -0.1) is 5.01 Å². The Morgan fingerprint density at radius 3 is 2.62 bits per heavy atom. The Morgan fingerprint density at radius 2 is 2.50 bits per heavy atom. The standard InChI is InChI=1S/C3H5N3O2/c1-5(3-2-4)6(7)8/h3H2,1H3. The highest BCUT2D eigenvalue weighted by molar-refractivity contribution is 4.69. The summed E-state index contributed by atoms with van der Waals surface area (Å²) in [5.74, 6) is 0. The number of nitriles is 1. The fourth-order valence-corrected chi connectivity index (χ4v) is 0.160. The Morgan fingerprint density at radius 1 is 2.00 bits per heavy atom. The van der Waals surface area contributed by atoms with Crippen LogP contribution in [0.2, 0.25) is 0 Å². The highest BCUT2D eigenvalue weighted by Gasteiger charge is 2.02. The van der Waals surface area contributed by atoms with Crippen LogP contribution in [0.4, 0.5) is 0 Å². The lowest BCUT2D eigenvalue weighted by Crippen LogP contribution is -2.25. The molecule has 0 aliphatic heterocycles. The zero-order valence-electron chi connectivity index (χ0n) is 4.37. The van der Waals surface area contributed by atoms with Gasteiger partial charge in [0.05, 0.1) is 13.1 Å². The molecule has 0 spiro atoms. The zero-order chi connectivity index (χ0) is 6.57. The largest absolute Gasteiger partial charge is 0.235 e. The number of hydrogen-bond acceptors (Lipinski definition) is 3. The predicted octanol–water partition coefficient (Wildman–Crippen LogP) is -0.367. The predicted molar refractivity (Wildman–Crippen MR) is 25.2 cm³/mol. The minimum Gasteiger partial charge on any atom is -0.235 e. The second-order valence-electron chi connectivity index (χ2n) is 1.21. The van der Waals surface area contributed by atoms with Gasteiger partial charge in [0.25, 0.3) is 0 Å². The first kappa shape index (κ1) is 6.69. The van der Waals surface area contributed by atoms with Crippen molar-refractivity contribution in [3.8, 4) is 6.07 Å². The topological polar surface area (TPSA) is 70.2 Å². The Hall–Kier alpha value is -1.31. The van der Waals surface area contributed by atoms with Crippen molar-refractivity contribution in [2.45, 2.75) is 0 Å². The summed E-state index contributed by atoms with van der Waals surface area (Å²) in [7, 11) is 1.24. The van der Waals surface area contributed by atoms with E-state index >= 15 is 0 Å². The molecule has 44 valence electrons. The van der Waals surface area contributed by atoms with Crippen LogP contribution in [0.15, 0.2) is 0 Å². The van der Waals surface area contributed by atoms with Gasteiger partial charge >= 0.3 is 0 Å². The van der Waals surface area contributed by atoms with Crippen LogP contribution in [0, 0.1) is 21.4 Å². The first-order valence-electron chi connectivity index (χ1n) is 1.91. The third kappa shape index (κ3) is 1.97. The van der Waals surface area contributed by atoms with Gasteiger partial charge in [-0.05, 0) is 0 Å². The minimum absolute atomic E-state index is 0.174. The van der Waals surface area contributed by atoms with Crippen molar-refractivity contribution in [2.75, 3.05) is 13.6 Å². The van der Waals surface area contributed by atoms with E-state index in [2.05, 4.69) is 0 Å². The summed E-state index contributed by atoms with van der Waals surface area (Å²) < 4.78 is 0. The van der Waals surface area contributed by atoms with Crippen molar-refractivity contribution >= 4 is 0 Å². The Balaban J connectivity index is 3.52. The number of nitrogens with zero attached hydrogens (tertiary/aromatic N) is 3. The quantitative estimate of drug-likeness (QED) is 0.280. The second-order valence-corrected chi connectivity index (χ2v) is 1.21. The minimum atomic E-state index is -0.636. The van der Waals surface area contributed by atoms with Gasteiger partial charge in [0, 0.05) is 0 Å². The van der Waals surface area contributed by atoms with Crippen LogP contribution < -0.4 is 0 Å². The van der Waals surface area contributed by atoms with E-state index < -0.39 is 5.03 Å². The van der Waals surface area contributed by atoms with Crippen molar-refractivity contribution < 1.29 is 5.03 Å². The summed E-state index contributed by atoms with van der Waals surface area (Å²) in [6.07, 6.45) is 0. The normalized spacial score (nSPS) is 7.50. The molecule has 0 radical (unpaired) electrons. The molecular weight excluding hydrogens is 110 g/mol. The molecule has 0 bridgehead atoms. The fourth-order valence-electron chi connectivity index (χ4n) is 0.160. The highest BCUT2D eigenvalue weighted by Crippen LogP contribution is 1.76. The summed E-state index contributed by atoms with van der Waals surface area (Å²) >= 11 is 0. The van der Waals surface area contributed by atoms with Gasteiger partial charge in [-0.1, -0.05) is 0 Å². The lowest BCUT2D eigenvalue weighted by molar-refractivity contribution is -0.646. The highest BCUT2D eigenvalue weighted by atomic mass is 16.7. The first-order valence-corrected chi connectivity index (χ1v) is 1.91. The van der Waals surface area contributed by atoms with Gasteiger partial charge in [0.1, 0.15) is 0 Å². The van der Waals surface area contributed by atoms with Gasteiger partial charge in [-0.25, -0.2) is 10.1 Å². The molecule has 0 aliphatic carbocycles. The monoisotopic (exact) mass is 115 g/mol. The van der Waals surface area contributed by atoms with Crippen molar-refractivity contribution in [1.82, 2.24) is 5.01 Å². The van der Waals surface area contributed by atoms with Gasteiger partial charge in [0.2, 0.25) is 0 Å². The van der Waals surface area contributed by atoms with E-state index in [-0.39, 0.29) is 6.54 Å². The first-order chi connectivity index (χ1) is 3.68. The lowest BCUT2D eigenvalue weighted by Gasteiger charge is -1.99. The van der Waals surface area contributed by atoms with E-state index in [1.165, 1.54) is 7.05 Å². The van der Waals surface area contributed by atoms with Crippen LogP contribution in [0.5, 0.6) is 0 Å².